The van der Waals surface area contributed by atoms with Crippen LogP contribution in [0.15, 0.2) is 60.7 Å². The lowest BCUT2D eigenvalue weighted by molar-refractivity contribution is 0.0904. The Bertz CT molecular complexity index is 1190. The standard InChI is InChI=1S/C25H26N4O/c1-17-24-21(20-9-5-6-10-22(20)28-24)15-23(26-17)25(30)27-19-11-13-29(14-12-19)16-18-7-3-2-4-8-18/h2-10,15,19,28H,11-14,16H2,1H3,(H,27,30). The lowest BCUT2D eigenvalue weighted by Crippen LogP contribution is -2.44. The molecule has 1 aliphatic rings. The summed E-state index contributed by atoms with van der Waals surface area (Å²) in [6, 6.07) is 20.8. The topological polar surface area (TPSA) is 61.0 Å². The third kappa shape index (κ3) is 3.68. The minimum Gasteiger partial charge on any atom is -0.353 e. The van der Waals surface area contributed by atoms with Crippen molar-refractivity contribution in [1.82, 2.24) is 20.2 Å². The van der Waals surface area contributed by atoms with Crippen LogP contribution in [0.25, 0.3) is 21.8 Å². The molecule has 5 nitrogen and oxygen atoms in total. The van der Waals surface area contributed by atoms with Gasteiger partial charge in [-0.25, -0.2) is 4.98 Å². The first-order chi connectivity index (χ1) is 14.7. The molecule has 1 saturated heterocycles. The van der Waals surface area contributed by atoms with Crippen LogP contribution in [0.2, 0.25) is 0 Å². The molecule has 5 heteroatoms. The molecule has 0 atom stereocenters. The van der Waals surface area contributed by atoms with Crippen molar-refractivity contribution >= 4 is 27.7 Å². The van der Waals surface area contributed by atoms with E-state index in [4.69, 9.17) is 0 Å². The number of piperidine rings is 1. The van der Waals surface area contributed by atoms with Crippen molar-refractivity contribution in [3.8, 4) is 0 Å². The number of para-hydroxylation sites is 1. The molecule has 0 spiro atoms. The second-order valence-electron chi connectivity index (χ2n) is 8.20. The van der Waals surface area contributed by atoms with E-state index in [1.54, 1.807) is 0 Å². The summed E-state index contributed by atoms with van der Waals surface area (Å²) in [5, 5.41) is 5.40. The van der Waals surface area contributed by atoms with Crippen LogP contribution in [-0.2, 0) is 6.54 Å². The van der Waals surface area contributed by atoms with Gasteiger partial charge in [0.05, 0.1) is 11.2 Å². The molecule has 5 rings (SSSR count). The molecule has 1 fully saturated rings. The fourth-order valence-corrected chi connectivity index (χ4v) is 4.46. The van der Waals surface area contributed by atoms with Crippen LogP contribution in [0.1, 0.15) is 34.6 Å². The maximum absolute atomic E-state index is 12.9. The first-order valence-corrected chi connectivity index (χ1v) is 10.6. The van der Waals surface area contributed by atoms with Crippen LogP contribution in [0.4, 0.5) is 0 Å². The Morgan fingerprint density at radius 3 is 2.60 bits per heavy atom. The molecule has 2 N–H and O–H groups in total. The Balaban J connectivity index is 1.27. The van der Waals surface area contributed by atoms with E-state index in [0.717, 1.165) is 60.0 Å². The first kappa shape index (κ1) is 18.8. The molecule has 152 valence electrons. The number of aromatic nitrogens is 2. The zero-order valence-electron chi connectivity index (χ0n) is 17.2. The predicted molar refractivity (Wildman–Crippen MR) is 121 cm³/mol. The van der Waals surface area contributed by atoms with Crippen molar-refractivity contribution in [1.29, 1.82) is 0 Å². The summed E-state index contributed by atoms with van der Waals surface area (Å²) >= 11 is 0. The van der Waals surface area contributed by atoms with Gasteiger partial charge in [0.1, 0.15) is 5.69 Å². The molecule has 4 aromatic rings. The van der Waals surface area contributed by atoms with Crippen LogP contribution >= 0.6 is 0 Å². The summed E-state index contributed by atoms with van der Waals surface area (Å²) in [5.74, 6) is -0.0770. The fourth-order valence-electron chi connectivity index (χ4n) is 4.46. The van der Waals surface area contributed by atoms with E-state index in [9.17, 15) is 4.79 Å². The summed E-state index contributed by atoms with van der Waals surface area (Å²) in [6.45, 7) is 4.91. The number of benzene rings is 2. The van der Waals surface area contributed by atoms with Crippen molar-refractivity contribution in [2.75, 3.05) is 13.1 Å². The maximum Gasteiger partial charge on any atom is 0.270 e. The molecule has 3 heterocycles. The monoisotopic (exact) mass is 398 g/mol. The molecular formula is C25H26N4O. The minimum absolute atomic E-state index is 0.0770. The smallest absolute Gasteiger partial charge is 0.270 e. The number of likely N-dealkylation sites (tertiary alicyclic amines) is 1. The van der Waals surface area contributed by atoms with Gasteiger partial charge in [0, 0.05) is 42.0 Å². The molecule has 2 aromatic heterocycles. The molecule has 0 unspecified atom stereocenters. The molecule has 1 aliphatic heterocycles. The Labute approximate surface area is 176 Å². The van der Waals surface area contributed by atoms with Crippen LogP contribution in [-0.4, -0.2) is 39.9 Å². The lowest BCUT2D eigenvalue weighted by Gasteiger charge is -2.32. The Morgan fingerprint density at radius 2 is 1.80 bits per heavy atom. The number of carbonyl (C=O) groups excluding carboxylic acids is 1. The Morgan fingerprint density at radius 1 is 1.07 bits per heavy atom. The number of hydrogen-bond acceptors (Lipinski definition) is 3. The number of amides is 1. The van der Waals surface area contributed by atoms with E-state index >= 15 is 0 Å². The summed E-state index contributed by atoms with van der Waals surface area (Å²) in [6.07, 6.45) is 1.93. The Hall–Kier alpha value is -3.18. The predicted octanol–water partition coefficient (Wildman–Crippen LogP) is 4.42. The third-order valence-electron chi connectivity index (χ3n) is 6.08. The average Bonchev–Trinajstić information content (AvgIpc) is 3.15. The van der Waals surface area contributed by atoms with Crippen molar-refractivity contribution in [2.24, 2.45) is 0 Å². The van der Waals surface area contributed by atoms with Crippen molar-refractivity contribution < 1.29 is 4.79 Å². The van der Waals surface area contributed by atoms with E-state index in [-0.39, 0.29) is 11.9 Å². The van der Waals surface area contributed by atoms with Crippen LogP contribution < -0.4 is 5.32 Å². The van der Waals surface area contributed by atoms with Crippen LogP contribution in [0.3, 0.4) is 0 Å². The van der Waals surface area contributed by atoms with Gasteiger partial charge in [0.2, 0.25) is 0 Å². The number of fused-ring (bicyclic) bond motifs is 3. The van der Waals surface area contributed by atoms with Crippen molar-refractivity contribution in [3.05, 3.63) is 77.6 Å². The maximum atomic E-state index is 12.9. The highest BCUT2D eigenvalue weighted by molar-refractivity contribution is 6.10. The fraction of sp³-hybridized carbons (Fsp3) is 0.280. The first-order valence-electron chi connectivity index (χ1n) is 10.6. The van der Waals surface area contributed by atoms with E-state index in [0.29, 0.717) is 5.69 Å². The molecule has 2 aromatic carbocycles. The van der Waals surface area contributed by atoms with Gasteiger partial charge in [-0.1, -0.05) is 48.5 Å². The van der Waals surface area contributed by atoms with Gasteiger partial charge in [0.25, 0.3) is 5.91 Å². The number of rotatable bonds is 4. The van der Waals surface area contributed by atoms with E-state index < -0.39 is 0 Å². The Kier molecular flexibility index (Phi) is 4.97. The summed E-state index contributed by atoms with van der Waals surface area (Å²) in [5.41, 5.74) is 4.76. The average molecular weight is 399 g/mol. The molecule has 0 aliphatic carbocycles. The lowest BCUT2D eigenvalue weighted by atomic mass is 10.0. The van der Waals surface area contributed by atoms with Crippen molar-refractivity contribution in [3.63, 3.8) is 0 Å². The van der Waals surface area contributed by atoms with E-state index in [1.165, 1.54) is 5.56 Å². The molecular weight excluding hydrogens is 372 g/mol. The van der Waals surface area contributed by atoms with E-state index in [1.807, 2.05) is 25.1 Å². The molecule has 30 heavy (non-hydrogen) atoms. The molecule has 0 radical (unpaired) electrons. The number of aromatic amines is 1. The zero-order valence-corrected chi connectivity index (χ0v) is 17.2. The normalized spacial score (nSPS) is 15.6. The highest BCUT2D eigenvalue weighted by atomic mass is 16.1. The van der Waals surface area contributed by atoms with Crippen LogP contribution in [0, 0.1) is 6.92 Å². The SMILES string of the molecule is Cc1nc(C(=O)NC2CCN(Cc3ccccc3)CC2)cc2c1[nH]c1ccccc12. The summed E-state index contributed by atoms with van der Waals surface area (Å²) in [4.78, 5) is 23.4. The number of carbonyl (C=O) groups is 1. The molecule has 1 amide bonds. The highest BCUT2D eigenvalue weighted by Gasteiger charge is 2.22. The zero-order chi connectivity index (χ0) is 20.5. The highest BCUT2D eigenvalue weighted by Crippen LogP contribution is 2.27. The largest absolute Gasteiger partial charge is 0.353 e. The number of nitrogens with one attached hydrogen (secondary N) is 2. The van der Waals surface area contributed by atoms with E-state index in [2.05, 4.69) is 62.6 Å². The second-order valence-corrected chi connectivity index (χ2v) is 8.20. The van der Waals surface area contributed by atoms with Gasteiger partial charge in [-0.05, 0) is 37.5 Å². The molecule has 0 saturated carbocycles. The van der Waals surface area contributed by atoms with Gasteiger partial charge in [-0.15, -0.1) is 0 Å². The van der Waals surface area contributed by atoms with Gasteiger partial charge in [0.15, 0.2) is 0 Å². The quantitative estimate of drug-likeness (QED) is 0.535. The minimum atomic E-state index is -0.0770. The van der Waals surface area contributed by atoms with Gasteiger partial charge < -0.3 is 10.3 Å². The second kappa shape index (κ2) is 7.92. The third-order valence-corrected chi connectivity index (χ3v) is 6.08. The summed E-state index contributed by atoms with van der Waals surface area (Å²) in [7, 11) is 0. The van der Waals surface area contributed by atoms with Crippen molar-refractivity contribution in [2.45, 2.75) is 32.4 Å². The number of hydrogen-bond donors (Lipinski definition) is 2. The number of nitrogens with zero attached hydrogens (tertiary/aromatic N) is 2. The number of H-pyrrole nitrogens is 1. The number of aryl methyl sites for hydroxylation is 1. The van der Waals surface area contributed by atoms with Crippen LogP contribution in [0.5, 0.6) is 0 Å². The van der Waals surface area contributed by atoms with Gasteiger partial charge in [-0.3, -0.25) is 9.69 Å². The van der Waals surface area contributed by atoms with Gasteiger partial charge >= 0.3 is 0 Å². The molecule has 0 bridgehead atoms. The number of pyridine rings is 1. The summed E-state index contributed by atoms with van der Waals surface area (Å²) < 4.78 is 0. The van der Waals surface area contributed by atoms with Gasteiger partial charge in [-0.2, -0.15) is 0 Å².